The van der Waals surface area contributed by atoms with Gasteiger partial charge in [0, 0.05) is 25.2 Å². The first kappa shape index (κ1) is 16.8. The van der Waals surface area contributed by atoms with Gasteiger partial charge in [0.05, 0.1) is 26.2 Å². The van der Waals surface area contributed by atoms with E-state index in [0.29, 0.717) is 19.5 Å². The van der Waals surface area contributed by atoms with Gasteiger partial charge in [-0.15, -0.1) is 0 Å². The van der Waals surface area contributed by atoms with Crippen molar-refractivity contribution in [3.8, 4) is 0 Å². The zero-order valence-electron chi connectivity index (χ0n) is 14.5. The molecule has 2 aliphatic heterocycles. The molecule has 2 aliphatic rings. The van der Waals surface area contributed by atoms with Gasteiger partial charge in [0.15, 0.2) is 6.67 Å². The van der Waals surface area contributed by atoms with Crippen LogP contribution >= 0.6 is 0 Å². The fourth-order valence-corrected chi connectivity index (χ4v) is 3.41. The maximum absolute atomic E-state index is 12.4. The van der Waals surface area contributed by atoms with E-state index in [1.165, 1.54) is 9.80 Å². The lowest BCUT2D eigenvalue weighted by molar-refractivity contribution is -0.908. The van der Waals surface area contributed by atoms with Crippen LogP contribution < -0.4 is 9.80 Å². The standard InChI is InChI=1S/C17H25N5O2/c1-3-17(2)11-14(23)22(15(24)12-17)13-20-7-9-21(10-8-20)16-18-5-4-6-19-16/h4-6H,3,7-13H2,1-2H3/p+1. The van der Waals surface area contributed by atoms with E-state index >= 15 is 0 Å². The van der Waals surface area contributed by atoms with Crippen LogP contribution in [0.3, 0.4) is 0 Å². The van der Waals surface area contributed by atoms with Gasteiger partial charge in [0.1, 0.15) is 0 Å². The van der Waals surface area contributed by atoms with Crippen LogP contribution in [0.5, 0.6) is 0 Å². The van der Waals surface area contributed by atoms with Gasteiger partial charge in [0.2, 0.25) is 17.8 Å². The highest BCUT2D eigenvalue weighted by Crippen LogP contribution is 2.34. The molecule has 0 saturated carbocycles. The van der Waals surface area contributed by atoms with Crippen molar-refractivity contribution in [2.75, 3.05) is 37.7 Å². The Morgan fingerprint density at radius 1 is 1.12 bits per heavy atom. The number of likely N-dealkylation sites (tertiary alicyclic amines) is 1. The van der Waals surface area contributed by atoms with Gasteiger partial charge in [-0.1, -0.05) is 13.8 Å². The summed E-state index contributed by atoms with van der Waals surface area (Å²) in [7, 11) is 0. The predicted octanol–water partition coefficient (Wildman–Crippen LogP) is -0.296. The minimum Gasteiger partial charge on any atom is -0.330 e. The second-order valence-electron chi connectivity index (χ2n) is 7.18. The summed E-state index contributed by atoms with van der Waals surface area (Å²) in [6, 6.07) is 1.81. The Morgan fingerprint density at radius 3 is 2.25 bits per heavy atom. The summed E-state index contributed by atoms with van der Waals surface area (Å²) in [4.78, 5) is 38.3. The highest BCUT2D eigenvalue weighted by atomic mass is 16.2. The second-order valence-corrected chi connectivity index (χ2v) is 7.18. The van der Waals surface area contributed by atoms with Crippen LogP contribution in [-0.2, 0) is 9.59 Å². The number of imide groups is 1. The lowest BCUT2D eigenvalue weighted by atomic mass is 9.77. The molecular weight excluding hydrogens is 306 g/mol. The van der Waals surface area contributed by atoms with E-state index in [9.17, 15) is 9.59 Å². The quantitative estimate of drug-likeness (QED) is 0.767. The third kappa shape index (κ3) is 3.56. The smallest absolute Gasteiger partial charge is 0.234 e. The zero-order chi connectivity index (χ0) is 17.2. The summed E-state index contributed by atoms with van der Waals surface area (Å²) >= 11 is 0. The molecule has 0 aromatic carbocycles. The highest BCUT2D eigenvalue weighted by molar-refractivity contribution is 5.98. The van der Waals surface area contributed by atoms with Crippen LogP contribution in [0.2, 0.25) is 0 Å². The second kappa shape index (κ2) is 6.84. The van der Waals surface area contributed by atoms with Gasteiger partial charge in [-0.2, -0.15) is 0 Å². The van der Waals surface area contributed by atoms with Gasteiger partial charge in [0.25, 0.3) is 0 Å². The van der Waals surface area contributed by atoms with Crippen LogP contribution in [0, 0.1) is 5.41 Å². The number of piperidine rings is 1. The molecule has 1 aromatic heterocycles. The number of nitrogens with zero attached hydrogens (tertiary/aromatic N) is 4. The van der Waals surface area contributed by atoms with E-state index < -0.39 is 0 Å². The van der Waals surface area contributed by atoms with Crippen molar-refractivity contribution in [3.63, 3.8) is 0 Å². The van der Waals surface area contributed by atoms with Crippen LogP contribution in [0.15, 0.2) is 18.5 Å². The highest BCUT2D eigenvalue weighted by Gasteiger charge is 2.41. The first-order chi connectivity index (χ1) is 11.5. The Kier molecular flexibility index (Phi) is 4.80. The molecule has 0 atom stereocenters. The molecule has 2 fully saturated rings. The molecule has 3 rings (SSSR count). The zero-order valence-corrected chi connectivity index (χ0v) is 14.5. The Morgan fingerprint density at radius 2 is 1.71 bits per heavy atom. The molecule has 7 nitrogen and oxygen atoms in total. The molecule has 0 aliphatic carbocycles. The first-order valence-electron chi connectivity index (χ1n) is 8.69. The molecule has 130 valence electrons. The molecular formula is C17H26N5O2+. The van der Waals surface area contributed by atoms with Crippen molar-refractivity contribution in [2.45, 2.75) is 33.1 Å². The number of rotatable bonds is 4. The van der Waals surface area contributed by atoms with Crippen LogP contribution in [0.25, 0.3) is 0 Å². The number of aromatic nitrogens is 2. The molecule has 24 heavy (non-hydrogen) atoms. The van der Waals surface area contributed by atoms with Crippen LogP contribution in [0.4, 0.5) is 5.95 Å². The van der Waals surface area contributed by atoms with E-state index in [4.69, 9.17) is 0 Å². The number of quaternary nitrogens is 1. The number of carbonyl (C=O) groups excluding carboxylic acids is 2. The van der Waals surface area contributed by atoms with Gasteiger partial charge in [-0.05, 0) is 17.9 Å². The monoisotopic (exact) mass is 332 g/mol. The molecule has 2 amide bonds. The Balaban J connectivity index is 1.55. The van der Waals surface area contributed by atoms with Crippen molar-refractivity contribution < 1.29 is 14.5 Å². The van der Waals surface area contributed by atoms with E-state index in [-0.39, 0.29) is 17.2 Å². The summed E-state index contributed by atoms with van der Waals surface area (Å²) < 4.78 is 0. The summed E-state index contributed by atoms with van der Waals surface area (Å²) in [6.45, 7) is 7.99. The average molecular weight is 332 g/mol. The lowest BCUT2D eigenvalue weighted by Gasteiger charge is -2.39. The fourth-order valence-electron chi connectivity index (χ4n) is 3.41. The number of hydrogen-bond acceptors (Lipinski definition) is 5. The number of carbonyl (C=O) groups is 2. The molecule has 0 bridgehead atoms. The molecule has 7 heteroatoms. The van der Waals surface area contributed by atoms with Gasteiger partial charge in [-0.3, -0.25) is 9.59 Å². The van der Waals surface area contributed by atoms with Gasteiger partial charge < -0.3 is 9.80 Å². The third-order valence-corrected chi connectivity index (χ3v) is 5.30. The van der Waals surface area contributed by atoms with Crippen molar-refractivity contribution in [2.24, 2.45) is 5.41 Å². The van der Waals surface area contributed by atoms with Crippen LogP contribution in [0.1, 0.15) is 33.1 Å². The molecule has 2 saturated heterocycles. The number of hydrogen-bond donors (Lipinski definition) is 1. The molecule has 1 N–H and O–H groups in total. The molecule has 1 aromatic rings. The SMILES string of the molecule is CCC1(C)CC(=O)N(C[NH+]2CCN(c3ncccn3)CC2)C(=O)C1. The molecule has 0 unspecified atom stereocenters. The van der Waals surface area contributed by atoms with E-state index in [0.717, 1.165) is 38.5 Å². The lowest BCUT2D eigenvalue weighted by Crippen LogP contribution is -3.16. The van der Waals surface area contributed by atoms with Crippen LogP contribution in [-0.4, -0.2) is 59.5 Å². The summed E-state index contributed by atoms with van der Waals surface area (Å²) in [5, 5.41) is 0. The first-order valence-corrected chi connectivity index (χ1v) is 8.69. The maximum atomic E-state index is 12.4. The molecule has 0 spiro atoms. The largest absolute Gasteiger partial charge is 0.330 e. The third-order valence-electron chi connectivity index (χ3n) is 5.30. The predicted molar refractivity (Wildman–Crippen MR) is 89.3 cm³/mol. The number of nitrogens with one attached hydrogen (secondary N) is 1. The minimum atomic E-state index is -0.163. The maximum Gasteiger partial charge on any atom is 0.234 e. The summed E-state index contributed by atoms with van der Waals surface area (Å²) in [5.74, 6) is 0.717. The Bertz CT molecular complexity index is 580. The van der Waals surface area contributed by atoms with Crippen molar-refractivity contribution in [1.82, 2.24) is 14.9 Å². The minimum absolute atomic E-state index is 0.0167. The van der Waals surface area contributed by atoms with Gasteiger partial charge >= 0.3 is 0 Å². The molecule has 3 heterocycles. The number of piperazine rings is 1. The summed E-state index contributed by atoms with van der Waals surface area (Å²) in [6.07, 6.45) is 5.31. The van der Waals surface area contributed by atoms with Gasteiger partial charge in [-0.25, -0.2) is 14.9 Å². The Labute approximate surface area is 142 Å². The summed E-state index contributed by atoms with van der Waals surface area (Å²) in [5.41, 5.74) is -0.163. The van der Waals surface area contributed by atoms with Crippen molar-refractivity contribution in [1.29, 1.82) is 0 Å². The fraction of sp³-hybridized carbons (Fsp3) is 0.647. The van der Waals surface area contributed by atoms with Crippen molar-refractivity contribution in [3.05, 3.63) is 18.5 Å². The normalized spacial score (nSPS) is 22.1. The van der Waals surface area contributed by atoms with Crippen molar-refractivity contribution >= 4 is 17.8 Å². The Hall–Kier alpha value is -2.02. The van der Waals surface area contributed by atoms with E-state index in [2.05, 4.69) is 14.9 Å². The number of anilines is 1. The van der Waals surface area contributed by atoms with E-state index in [1.54, 1.807) is 12.4 Å². The van der Waals surface area contributed by atoms with E-state index in [1.807, 2.05) is 19.9 Å². The molecule has 0 radical (unpaired) electrons. The topological polar surface area (TPSA) is 70.8 Å². The average Bonchev–Trinajstić information content (AvgIpc) is 2.59. The number of amides is 2.